The minimum atomic E-state index is -0.295. The molecule has 0 atom stereocenters. The molecule has 1 amide bonds. The molecule has 2 N–H and O–H groups in total. The van der Waals surface area contributed by atoms with Crippen molar-refractivity contribution in [1.82, 2.24) is 4.98 Å². The Hall–Kier alpha value is -2.56. The van der Waals surface area contributed by atoms with Gasteiger partial charge >= 0.3 is 0 Å². The topological polar surface area (TPSA) is 65.5 Å². The Morgan fingerprint density at radius 2 is 2.00 bits per heavy atom. The highest BCUT2D eigenvalue weighted by Gasteiger charge is 2.10. The number of pyridine rings is 1. The number of carbonyl (C=O) groups is 1. The van der Waals surface area contributed by atoms with E-state index in [4.69, 9.17) is 0 Å². The summed E-state index contributed by atoms with van der Waals surface area (Å²) in [5.74, 6) is -0.180. The number of hydrogen-bond donors (Lipinski definition) is 2. The summed E-state index contributed by atoms with van der Waals surface area (Å²) in [7, 11) is 2.04. The second-order valence-corrected chi connectivity index (χ2v) is 5.15. The van der Waals surface area contributed by atoms with Crippen LogP contribution >= 0.6 is 0 Å². The molecule has 116 valence electrons. The van der Waals surface area contributed by atoms with Crippen LogP contribution in [0.25, 0.3) is 0 Å². The van der Waals surface area contributed by atoms with Crippen molar-refractivity contribution < 1.29 is 9.90 Å². The summed E-state index contributed by atoms with van der Waals surface area (Å²) in [5.41, 5.74) is 1.60. The van der Waals surface area contributed by atoms with Gasteiger partial charge in [0.2, 0.25) is 0 Å². The molecule has 0 fully saturated rings. The molecule has 0 aliphatic carbocycles. The van der Waals surface area contributed by atoms with E-state index in [1.54, 1.807) is 18.2 Å². The standard InChI is InChI=1S/C17H21N3O2/c1-3-4-12-20(2)14-9-7-13(8-10-14)17(22)19-16-15(21)6-5-11-18-16/h5-11,21H,3-4,12H2,1-2H3,(H,18,19,22). The predicted octanol–water partition coefficient (Wildman–Crippen LogP) is 3.28. The second kappa shape index (κ2) is 7.45. The molecule has 2 aromatic rings. The van der Waals surface area contributed by atoms with Crippen molar-refractivity contribution in [2.24, 2.45) is 0 Å². The van der Waals surface area contributed by atoms with E-state index in [0.29, 0.717) is 5.56 Å². The first-order chi connectivity index (χ1) is 10.6. The van der Waals surface area contributed by atoms with E-state index in [1.165, 1.54) is 12.3 Å². The molecule has 5 nitrogen and oxygen atoms in total. The van der Waals surface area contributed by atoms with Gasteiger partial charge in [0, 0.05) is 31.0 Å². The highest BCUT2D eigenvalue weighted by Crippen LogP contribution is 2.20. The number of benzene rings is 1. The first kappa shape index (κ1) is 15.8. The maximum Gasteiger partial charge on any atom is 0.256 e. The van der Waals surface area contributed by atoms with Gasteiger partial charge in [-0.05, 0) is 42.8 Å². The highest BCUT2D eigenvalue weighted by molar-refractivity contribution is 6.04. The Labute approximate surface area is 130 Å². The van der Waals surface area contributed by atoms with Gasteiger partial charge in [-0.1, -0.05) is 13.3 Å². The van der Waals surface area contributed by atoms with Crippen LogP contribution in [-0.4, -0.2) is 29.6 Å². The van der Waals surface area contributed by atoms with E-state index in [9.17, 15) is 9.90 Å². The lowest BCUT2D eigenvalue weighted by Gasteiger charge is -2.19. The Balaban J connectivity index is 2.04. The maximum atomic E-state index is 12.1. The molecule has 2 rings (SSSR count). The van der Waals surface area contributed by atoms with E-state index in [2.05, 4.69) is 22.1 Å². The molecule has 1 aromatic heterocycles. The van der Waals surface area contributed by atoms with Crippen LogP contribution in [-0.2, 0) is 0 Å². The molecule has 1 aromatic carbocycles. The lowest BCUT2D eigenvalue weighted by Crippen LogP contribution is -2.18. The van der Waals surface area contributed by atoms with Crippen LogP contribution in [0.3, 0.4) is 0 Å². The molecular weight excluding hydrogens is 278 g/mol. The smallest absolute Gasteiger partial charge is 0.256 e. The summed E-state index contributed by atoms with van der Waals surface area (Å²) in [4.78, 5) is 18.2. The van der Waals surface area contributed by atoms with E-state index in [-0.39, 0.29) is 17.5 Å². The SMILES string of the molecule is CCCCN(C)c1ccc(C(=O)Nc2ncccc2O)cc1. The fraction of sp³-hybridized carbons (Fsp3) is 0.294. The Morgan fingerprint density at radius 3 is 2.64 bits per heavy atom. The number of rotatable bonds is 6. The van der Waals surface area contributed by atoms with Gasteiger partial charge in [-0.25, -0.2) is 4.98 Å². The number of nitrogens with zero attached hydrogens (tertiary/aromatic N) is 2. The number of anilines is 2. The molecule has 1 heterocycles. The number of amides is 1. The fourth-order valence-electron chi connectivity index (χ4n) is 2.06. The van der Waals surface area contributed by atoms with Crippen LogP contribution in [0, 0.1) is 0 Å². The monoisotopic (exact) mass is 299 g/mol. The molecule has 22 heavy (non-hydrogen) atoms. The van der Waals surface area contributed by atoms with Crippen LogP contribution in [0.1, 0.15) is 30.1 Å². The van der Waals surface area contributed by atoms with E-state index in [0.717, 1.165) is 25.1 Å². The zero-order chi connectivity index (χ0) is 15.9. The quantitative estimate of drug-likeness (QED) is 0.859. The number of aromatic nitrogens is 1. The predicted molar refractivity (Wildman–Crippen MR) is 88.5 cm³/mol. The number of aromatic hydroxyl groups is 1. The molecule has 0 bridgehead atoms. The van der Waals surface area contributed by atoms with Gasteiger partial charge in [0.25, 0.3) is 5.91 Å². The van der Waals surface area contributed by atoms with Crippen LogP contribution in [0.15, 0.2) is 42.6 Å². The Bertz CT molecular complexity index is 626. The van der Waals surface area contributed by atoms with Crippen molar-refractivity contribution in [2.45, 2.75) is 19.8 Å². The molecule has 5 heteroatoms. The summed E-state index contributed by atoms with van der Waals surface area (Å²) < 4.78 is 0. The Kier molecular flexibility index (Phi) is 5.36. The molecular formula is C17H21N3O2. The van der Waals surface area contributed by atoms with Crippen LogP contribution in [0.2, 0.25) is 0 Å². The number of nitrogens with one attached hydrogen (secondary N) is 1. The minimum absolute atomic E-state index is 0.0493. The third kappa shape index (κ3) is 3.97. The fourth-order valence-corrected chi connectivity index (χ4v) is 2.06. The number of hydrogen-bond acceptors (Lipinski definition) is 4. The van der Waals surface area contributed by atoms with E-state index < -0.39 is 0 Å². The second-order valence-electron chi connectivity index (χ2n) is 5.15. The summed E-state index contributed by atoms with van der Waals surface area (Å²) >= 11 is 0. The van der Waals surface area contributed by atoms with Crippen molar-refractivity contribution in [3.05, 3.63) is 48.2 Å². The highest BCUT2D eigenvalue weighted by atomic mass is 16.3. The Morgan fingerprint density at radius 1 is 1.27 bits per heavy atom. The van der Waals surface area contributed by atoms with Crippen LogP contribution in [0.5, 0.6) is 5.75 Å². The summed E-state index contributed by atoms with van der Waals surface area (Å²) in [6.07, 6.45) is 3.80. The van der Waals surface area contributed by atoms with Gasteiger partial charge in [-0.2, -0.15) is 0 Å². The lowest BCUT2D eigenvalue weighted by atomic mass is 10.1. The van der Waals surface area contributed by atoms with Crippen molar-refractivity contribution in [1.29, 1.82) is 0 Å². The van der Waals surface area contributed by atoms with Crippen LogP contribution in [0.4, 0.5) is 11.5 Å². The normalized spacial score (nSPS) is 10.3. The van der Waals surface area contributed by atoms with Crippen molar-refractivity contribution in [3.8, 4) is 5.75 Å². The largest absolute Gasteiger partial charge is 0.504 e. The average molecular weight is 299 g/mol. The number of carbonyl (C=O) groups excluding carboxylic acids is 1. The summed E-state index contributed by atoms with van der Waals surface area (Å²) in [5, 5.41) is 12.2. The molecule has 0 spiro atoms. The molecule has 0 aliphatic heterocycles. The van der Waals surface area contributed by atoms with Gasteiger partial charge in [0.05, 0.1) is 0 Å². The molecule has 0 aliphatic rings. The van der Waals surface area contributed by atoms with Crippen molar-refractivity contribution in [2.75, 3.05) is 23.8 Å². The van der Waals surface area contributed by atoms with Gasteiger partial charge in [-0.15, -0.1) is 0 Å². The summed E-state index contributed by atoms with van der Waals surface area (Å²) in [6.45, 7) is 3.15. The zero-order valence-corrected chi connectivity index (χ0v) is 12.9. The third-order valence-corrected chi connectivity index (χ3v) is 3.44. The number of unbranched alkanes of at least 4 members (excludes halogenated alkanes) is 1. The average Bonchev–Trinajstić information content (AvgIpc) is 2.55. The molecule has 0 saturated carbocycles. The van der Waals surface area contributed by atoms with Crippen molar-refractivity contribution >= 4 is 17.4 Å². The third-order valence-electron chi connectivity index (χ3n) is 3.44. The van der Waals surface area contributed by atoms with Gasteiger partial charge in [-0.3, -0.25) is 4.79 Å². The zero-order valence-electron chi connectivity index (χ0n) is 12.9. The molecule has 0 radical (unpaired) electrons. The van der Waals surface area contributed by atoms with E-state index >= 15 is 0 Å². The van der Waals surface area contributed by atoms with Crippen molar-refractivity contribution in [3.63, 3.8) is 0 Å². The molecule has 0 unspecified atom stereocenters. The van der Waals surface area contributed by atoms with Gasteiger partial charge < -0.3 is 15.3 Å². The lowest BCUT2D eigenvalue weighted by molar-refractivity contribution is 0.102. The van der Waals surface area contributed by atoms with E-state index in [1.807, 2.05) is 19.2 Å². The maximum absolute atomic E-state index is 12.1. The first-order valence-corrected chi connectivity index (χ1v) is 7.38. The summed E-state index contributed by atoms with van der Waals surface area (Å²) in [6, 6.07) is 10.5. The molecule has 0 saturated heterocycles. The first-order valence-electron chi connectivity index (χ1n) is 7.38. The van der Waals surface area contributed by atoms with Gasteiger partial charge in [0.15, 0.2) is 11.6 Å². The van der Waals surface area contributed by atoms with Gasteiger partial charge in [0.1, 0.15) is 0 Å². The van der Waals surface area contributed by atoms with Crippen LogP contribution < -0.4 is 10.2 Å². The minimum Gasteiger partial charge on any atom is -0.504 e.